The molecular formula is C15H16N2O. The second-order valence-electron chi connectivity index (χ2n) is 4.54. The summed E-state index contributed by atoms with van der Waals surface area (Å²) in [6.45, 7) is 0. The van der Waals surface area contributed by atoms with Crippen LogP contribution in [0.1, 0.15) is 29.7 Å². The second kappa shape index (κ2) is 4.69. The van der Waals surface area contributed by atoms with Gasteiger partial charge in [0.15, 0.2) is 0 Å². The maximum Gasteiger partial charge on any atom is 0.119 e. The van der Waals surface area contributed by atoms with Crippen LogP contribution in [0.4, 0.5) is 0 Å². The van der Waals surface area contributed by atoms with Gasteiger partial charge in [-0.2, -0.15) is 0 Å². The molecule has 1 aliphatic carbocycles. The second-order valence-corrected chi connectivity index (χ2v) is 4.54. The predicted molar refractivity (Wildman–Crippen MR) is 72.4 cm³/mol. The number of nitrogens with one attached hydrogen (secondary N) is 1. The van der Waals surface area contributed by atoms with Crippen LogP contribution < -0.4 is 4.74 Å². The number of H-pyrrole nitrogens is 1. The first-order chi connectivity index (χ1) is 8.86. The number of ether oxygens (including phenoxy) is 1. The quantitative estimate of drug-likeness (QED) is 0.874. The van der Waals surface area contributed by atoms with Crippen LogP contribution in [0.25, 0.3) is 11.6 Å². The largest absolute Gasteiger partial charge is 0.497 e. The Balaban J connectivity index is 2.05. The fraction of sp³-hybridized carbons (Fsp3) is 0.267. The van der Waals surface area contributed by atoms with E-state index < -0.39 is 0 Å². The van der Waals surface area contributed by atoms with Crippen molar-refractivity contribution >= 4 is 11.6 Å². The predicted octanol–water partition coefficient (Wildman–Crippen LogP) is 3.30. The molecule has 0 saturated carbocycles. The van der Waals surface area contributed by atoms with Gasteiger partial charge in [-0.1, -0.05) is 6.07 Å². The molecule has 3 nitrogen and oxygen atoms in total. The highest BCUT2D eigenvalue weighted by Gasteiger charge is 2.15. The molecule has 0 spiro atoms. The van der Waals surface area contributed by atoms with Crippen molar-refractivity contribution in [3.8, 4) is 5.75 Å². The number of rotatable bonds is 2. The van der Waals surface area contributed by atoms with E-state index >= 15 is 0 Å². The number of nitrogens with zero attached hydrogens (tertiary/aromatic N) is 1. The van der Waals surface area contributed by atoms with Gasteiger partial charge in [-0.3, -0.25) is 0 Å². The van der Waals surface area contributed by atoms with Gasteiger partial charge in [-0.15, -0.1) is 0 Å². The van der Waals surface area contributed by atoms with Crippen molar-refractivity contribution in [1.82, 2.24) is 9.97 Å². The molecule has 0 unspecified atom stereocenters. The summed E-state index contributed by atoms with van der Waals surface area (Å²) in [5, 5.41) is 0. The summed E-state index contributed by atoms with van der Waals surface area (Å²) in [5.41, 5.74) is 5.05. The SMILES string of the molecule is COc1ccc2c(c1)/C(=C\c1c[nH]cn1)CCC2. The average molecular weight is 240 g/mol. The Morgan fingerprint density at radius 2 is 2.28 bits per heavy atom. The number of benzene rings is 1. The summed E-state index contributed by atoms with van der Waals surface area (Å²) in [4.78, 5) is 7.25. The molecule has 0 amide bonds. The topological polar surface area (TPSA) is 37.9 Å². The Morgan fingerprint density at radius 1 is 1.33 bits per heavy atom. The third kappa shape index (κ3) is 2.04. The Kier molecular flexibility index (Phi) is 2.89. The number of methoxy groups -OCH3 is 1. The van der Waals surface area contributed by atoms with Gasteiger partial charge in [0.1, 0.15) is 5.75 Å². The number of hydrogen-bond donors (Lipinski definition) is 1. The number of allylic oxidation sites excluding steroid dienone is 1. The molecule has 0 saturated heterocycles. The molecular weight excluding hydrogens is 224 g/mol. The van der Waals surface area contributed by atoms with Crippen molar-refractivity contribution in [1.29, 1.82) is 0 Å². The van der Waals surface area contributed by atoms with E-state index in [4.69, 9.17) is 4.74 Å². The van der Waals surface area contributed by atoms with Gasteiger partial charge in [0.25, 0.3) is 0 Å². The van der Waals surface area contributed by atoms with E-state index in [0.29, 0.717) is 0 Å². The smallest absolute Gasteiger partial charge is 0.119 e. The molecule has 1 aliphatic rings. The summed E-state index contributed by atoms with van der Waals surface area (Å²) in [6, 6.07) is 6.34. The third-order valence-electron chi connectivity index (χ3n) is 3.40. The zero-order valence-electron chi connectivity index (χ0n) is 10.4. The van der Waals surface area contributed by atoms with Gasteiger partial charge >= 0.3 is 0 Å². The normalized spacial score (nSPS) is 16.6. The number of aromatic amines is 1. The first kappa shape index (κ1) is 11.1. The first-order valence-electron chi connectivity index (χ1n) is 6.23. The highest BCUT2D eigenvalue weighted by Crippen LogP contribution is 2.34. The lowest BCUT2D eigenvalue weighted by Crippen LogP contribution is -2.02. The van der Waals surface area contributed by atoms with E-state index in [9.17, 15) is 0 Å². The maximum atomic E-state index is 5.31. The molecule has 1 heterocycles. The molecule has 0 radical (unpaired) electrons. The van der Waals surface area contributed by atoms with Gasteiger partial charge < -0.3 is 9.72 Å². The number of fused-ring (bicyclic) bond motifs is 1. The van der Waals surface area contributed by atoms with Crippen LogP contribution in [-0.2, 0) is 6.42 Å². The van der Waals surface area contributed by atoms with E-state index in [0.717, 1.165) is 24.3 Å². The monoisotopic (exact) mass is 240 g/mol. The fourth-order valence-electron chi connectivity index (χ4n) is 2.48. The van der Waals surface area contributed by atoms with Crippen molar-refractivity contribution < 1.29 is 4.74 Å². The fourth-order valence-corrected chi connectivity index (χ4v) is 2.48. The Bertz CT molecular complexity index is 570. The van der Waals surface area contributed by atoms with Gasteiger partial charge in [0, 0.05) is 6.20 Å². The van der Waals surface area contributed by atoms with E-state index in [-0.39, 0.29) is 0 Å². The van der Waals surface area contributed by atoms with E-state index in [1.807, 2.05) is 12.3 Å². The molecule has 18 heavy (non-hydrogen) atoms. The summed E-state index contributed by atoms with van der Waals surface area (Å²) < 4.78 is 5.31. The van der Waals surface area contributed by atoms with Crippen LogP contribution >= 0.6 is 0 Å². The van der Waals surface area contributed by atoms with Crippen molar-refractivity contribution in [3.63, 3.8) is 0 Å². The zero-order valence-corrected chi connectivity index (χ0v) is 10.4. The van der Waals surface area contributed by atoms with E-state index in [2.05, 4.69) is 28.2 Å². The summed E-state index contributed by atoms with van der Waals surface area (Å²) in [6.07, 6.45) is 9.25. The molecule has 0 bridgehead atoms. The first-order valence-corrected chi connectivity index (χ1v) is 6.23. The van der Waals surface area contributed by atoms with Crippen LogP contribution in [0, 0.1) is 0 Å². The molecule has 0 aliphatic heterocycles. The van der Waals surface area contributed by atoms with Crippen molar-refractivity contribution in [2.24, 2.45) is 0 Å². The minimum absolute atomic E-state index is 0.920. The lowest BCUT2D eigenvalue weighted by molar-refractivity contribution is 0.414. The lowest BCUT2D eigenvalue weighted by Gasteiger charge is -2.19. The number of aromatic nitrogens is 2. The third-order valence-corrected chi connectivity index (χ3v) is 3.40. The van der Waals surface area contributed by atoms with Crippen LogP contribution in [-0.4, -0.2) is 17.1 Å². The molecule has 3 rings (SSSR count). The average Bonchev–Trinajstić information content (AvgIpc) is 2.91. The Morgan fingerprint density at radius 3 is 3.06 bits per heavy atom. The van der Waals surface area contributed by atoms with E-state index in [1.54, 1.807) is 13.4 Å². The molecule has 2 aromatic rings. The highest BCUT2D eigenvalue weighted by molar-refractivity contribution is 5.83. The molecule has 92 valence electrons. The summed E-state index contributed by atoms with van der Waals surface area (Å²) in [7, 11) is 1.71. The van der Waals surface area contributed by atoms with Gasteiger partial charge in [-0.25, -0.2) is 4.98 Å². The Hall–Kier alpha value is -2.03. The van der Waals surface area contributed by atoms with E-state index in [1.165, 1.54) is 23.1 Å². The minimum Gasteiger partial charge on any atom is -0.497 e. The van der Waals surface area contributed by atoms with Crippen LogP contribution in [0.5, 0.6) is 5.75 Å². The number of imidazole rings is 1. The Labute approximate surface area is 107 Å². The standard InChI is InChI=1S/C15H16N2O/c1-18-14-6-5-11-3-2-4-12(15(11)8-14)7-13-9-16-10-17-13/h5-10H,2-4H2,1H3,(H,16,17)/b12-7-. The van der Waals surface area contributed by atoms with Crippen molar-refractivity contribution in [2.75, 3.05) is 7.11 Å². The summed E-state index contributed by atoms with van der Waals surface area (Å²) >= 11 is 0. The van der Waals surface area contributed by atoms with Gasteiger partial charge in [0.05, 0.1) is 19.1 Å². The lowest BCUT2D eigenvalue weighted by atomic mass is 9.87. The number of hydrogen-bond acceptors (Lipinski definition) is 2. The molecule has 0 fully saturated rings. The van der Waals surface area contributed by atoms with Crippen LogP contribution in [0.15, 0.2) is 30.7 Å². The van der Waals surface area contributed by atoms with Gasteiger partial charge in [0.2, 0.25) is 0 Å². The molecule has 1 aromatic heterocycles. The van der Waals surface area contributed by atoms with Crippen molar-refractivity contribution in [2.45, 2.75) is 19.3 Å². The molecule has 3 heteroatoms. The molecule has 1 N–H and O–H groups in total. The minimum atomic E-state index is 0.920. The maximum absolute atomic E-state index is 5.31. The van der Waals surface area contributed by atoms with Crippen LogP contribution in [0.2, 0.25) is 0 Å². The van der Waals surface area contributed by atoms with Crippen LogP contribution in [0.3, 0.4) is 0 Å². The zero-order chi connectivity index (χ0) is 12.4. The van der Waals surface area contributed by atoms with Gasteiger partial charge in [-0.05, 0) is 54.2 Å². The summed E-state index contributed by atoms with van der Waals surface area (Å²) in [5.74, 6) is 0.920. The molecule has 1 aromatic carbocycles. The molecule has 0 atom stereocenters. The van der Waals surface area contributed by atoms with Crippen molar-refractivity contribution in [3.05, 3.63) is 47.5 Å². The highest BCUT2D eigenvalue weighted by atomic mass is 16.5. The number of aryl methyl sites for hydroxylation is 1.